The number of carbonyl (C=O) groups excluding carboxylic acids is 1. The number of ether oxygens (including phenoxy) is 1. The van der Waals surface area contributed by atoms with Gasteiger partial charge in [0, 0.05) is 18.0 Å². The number of hydrogen-bond donors (Lipinski definition) is 2. The number of benzene rings is 1. The Hall–Kier alpha value is -2.63. The van der Waals surface area contributed by atoms with E-state index in [1.54, 1.807) is 0 Å². The number of aromatic hydroxyl groups is 1. The van der Waals surface area contributed by atoms with E-state index in [1.165, 1.54) is 31.5 Å². The van der Waals surface area contributed by atoms with Gasteiger partial charge in [-0.1, -0.05) is 0 Å². The first kappa shape index (κ1) is 12.8. The summed E-state index contributed by atoms with van der Waals surface area (Å²) < 4.78 is 18.2. The lowest BCUT2D eigenvalue weighted by atomic mass is 10.2. The highest BCUT2D eigenvalue weighted by molar-refractivity contribution is 6.05. The molecule has 0 radical (unpaired) electrons. The molecule has 19 heavy (non-hydrogen) atoms. The third-order valence-corrected chi connectivity index (χ3v) is 2.45. The monoisotopic (exact) mass is 262 g/mol. The van der Waals surface area contributed by atoms with Crippen molar-refractivity contribution in [2.24, 2.45) is 0 Å². The average Bonchev–Trinajstić information content (AvgIpc) is 2.39. The summed E-state index contributed by atoms with van der Waals surface area (Å²) >= 11 is 0. The van der Waals surface area contributed by atoms with Crippen LogP contribution in [0.15, 0.2) is 36.7 Å². The molecule has 1 aromatic heterocycles. The van der Waals surface area contributed by atoms with E-state index in [4.69, 9.17) is 4.74 Å². The maximum atomic E-state index is 13.4. The number of aromatic nitrogens is 1. The summed E-state index contributed by atoms with van der Waals surface area (Å²) in [6.45, 7) is 0. The summed E-state index contributed by atoms with van der Waals surface area (Å²) in [4.78, 5) is 15.5. The van der Waals surface area contributed by atoms with Crippen LogP contribution in [0, 0.1) is 5.82 Å². The Morgan fingerprint density at radius 2 is 2.21 bits per heavy atom. The molecule has 0 atom stereocenters. The van der Waals surface area contributed by atoms with Gasteiger partial charge in [-0.05, 0) is 18.2 Å². The molecular formula is C13H11FN2O3. The Kier molecular flexibility index (Phi) is 3.61. The van der Waals surface area contributed by atoms with Gasteiger partial charge in [0.25, 0.3) is 5.91 Å². The molecule has 2 N–H and O–H groups in total. The van der Waals surface area contributed by atoms with Gasteiger partial charge in [-0.25, -0.2) is 4.39 Å². The van der Waals surface area contributed by atoms with Crippen molar-refractivity contribution < 1.29 is 19.0 Å². The van der Waals surface area contributed by atoms with Gasteiger partial charge in [0.15, 0.2) is 11.6 Å². The number of nitrogens with one attached hydrogen (secondary N) is 1. The lowest BCUT2D eigenvalue weighted by molar-refractivity contribution is 0.102. The third kappa shape index (κ3) is 2.79. The van der Waals surface area contributed by atoms with Crippen LogP contribution in [0.3, 0.4) is 0 Å². The molecule has 0 aliphatic rings. The maximum Gasteiger partial charge on any atom is 0.259 e. The zero-order valence-electron chi connectivity index (χ0n) is 10.1. The Morgan fingerprint density at radius 1 is 1.42 bits per heavy atom. The molecule has 0 fully saturated rings. The highest BCUT2D eigenvalue weighted by atomic mass is 19.1. The number of nitrogens with zero attached hydrogens (tertiary/aromatic N) is 1. The molecule has 0 spiro atoms. The van der Waals surface area contributed by atoms with Crippen LogP contribution in [0.2, 0.25) is 0 Å². The minimum absolute atomic E-state index is 0.0613. The van der Waals surface area contributed by atoms with Gasteiger partial charge in [0.05, 0.1) is 18.9 Å². The Balaban J connectivity index is 2.20. The molecule has 0 saturated heterocycles. The topological polar surface area (TPSA) is 71.5 Å². The van der Waals surface area contributed by atoms with E-state index in [1.807, 2.05) is 0 Å². The number of hydrogen-bond acceptors (Lipinski definition) is 4. The minimum Gasteiger partial charge on any atom is -0.505 e. The molecule has 5 nitrogen and oxygen atoms in total. The highest BCUT2D eigenvalue weighted by Crippen LogP contribution is 2.22. The first-order valence-electron chi connectivity index (χ1n) is 5.39. The van der Waals surface area contributed by atoms with E-state index in [2.05, 4.69) is 10.3 Å². The summed E-state index contributed by atoms with van der Waals surface area (Å²) in [6, 6.07) is 5.40. The standard InChI is InChI=1S/C13H11FN2O3/c1-19-12-3-2-8(6-10(12)14)16-13(18)9-4-5-15-7-11(9)17/h2-7,17H,1H3,(H,16,18). The van der Waals surface area contributed by atoms with Crippen LogP contribution in [0.5, 0.6) is 11.5 Å². The summed E-state index contributed by atoms with van der Waals surface area (Å²) in [5.74, 6) is -1.29. The Labute approximate surface area is 108 Å². The van der Waals surface area contributed by atoms with Crippen molar-refractivity contribution in [3.05, 3.63) is 48.0 Å². The fraction of sp³-hybridized carbons (Fsp3) is 0.0769. The van der Waals surface area contributed by atoms with Gasteiger partial charge in [0.2, 0.25) is 0 Å². The van der Waals surface area contributed by atoms with Crippen LogP contribution in [0.25, 0.3) is 0 Å². The van der Waals surface area contributed by atoms with Crippen LogP contribution in [-0.4, -0.2) is 23.1 Å². The Bertz CT molecular complexity index is 617. The number of methoxy groups -OCH3 is 1. The van der Waals surface area contributed by atoms with E-state index in [-0.39, 0.29) is 22.7 Å². The quantitative estimate of drug-likeness (QED) is 0.889. The molecule has 2 aromatic rings. The highest BCUT2D eigenvalue weighted by Gasteiger charge is 2.12. The fourth-order valence-corrected chi connectivity index (χ4v) is 1.52. The van der Waals surface area contributed by atoms with E-state index in [9.17, 15) is 14.3 Å². The number of anilines is 1. The normalized spacial score (nSPS) is 10.0. The van der Waals surface area contributed by atoms with Crippen LogP contribution >= 0.6 is 0 Å². The number of halogens is 1. The van der Waals surface area contributed by atoms with Crippen molar-refractivity contribution in [2.45, 2.75) is 0 Å². The molecule has 0 aliphatic carbocycles. The van der Waals surface area contributed by atoms with Crippen molar-refractivity contribution >= 4 is 11.6 Å². The number of carbonyl (C=O) groups is 1. The summed E-state index contributed by atoms with van der Waals surface area (Å²) in [7, 11) is 1.35. The van der Waals surface area contributed by atoms with Crippen molar-refractivity contribution in [1.82, 2.24) is 4.98 Å². The average molecular weight is 262 g/mol. The zero-order chi connectivity index (χ0) is 13.8. The molecule has 1 amide bonds. The summed E-state index contributed by atoms with van der Waals surface area (Å²) in [6.07, 6.45) is 2.53. The second kappa shape index (κ2) is 5.34. The third-order valence-electron chi connectivity index (χ3n) is 2.45. The predicted molar refractivity (Wildman–Crippen MR) is 66.8 cm³/mol. The van der Waals surface area contributed by atoms with Gasteiger partial charge in [-0.2, -0.15) is 0 Å². The van der Waals surface area contributed by atoms with Crippen LogP contribution in [0.1, 0.15) is 10.4 Å². The van der Waals surface area contributed by atoms with Gasteiger partial charge in [0.1, 0.15) is 5.75 Å². The van der Waals surface area contributed by atoms with Crippen LogP contribution < -0.4 is 10.1 Å². The lowest BCUT2D eigenvalue weighted by Gasteiger charge is -2.08. The Morgan fingerprint density at radius 3 is 2.84 bits per heavy atom. The van der Waals surface area contributed by atoms with E-state index < -0.39 is 11.7 Å². The SMILES string of the molecule is COc1ccc(NC(=O)c2ccncc2O)cc1F. The van der Waals surface area contributed by atoms with Crippen molar-refractivity contribution in [2.75, 3.05) is 12.4 Å². The first-order valence-corrected chi connectivity index (χ1v) is 5.39. The molecule has 98 valence electrons. The van der Waals surface area contributed by atoms with Gasteiger partial charge in [-0.3, -0.25) is 9.78 Å². The molecule has 0 unspecified atom stereocenters. The fourth-order valence-electron chi connectivity index (χ4n) is 1.52. The number of pyridine rings is 1. The van der Waals surface area contributed by atoms with Crippen LogP contribution in [0.4, 0.5) is 10.1 Å². The zero-order valence-corrected chi connectivity index (χ0v) is 10.1. The van der Waals surface area contributed by atoms with E-state index in [0.717, 1.165) is 12.3 Å². The molecule has 1 aromatic carbocycles. The molecule has 6 heteroatoms. The number of rotatable bonds is 3. The molecular weight excluding hydrogens is 251 g/mol. The lowest BCUT2D eigenvalue weighted by Crippen LogP contribution is -2.12. The van der Waals surface area contributed by atoms with Crippen molar-refractivity contribution in [3.63, 3.8) is 0 Å². The predicted octanol–water partition coefficient (Wildman–Crippen LogP) is 2.19. The van der Waals surface area contributed by atoms with Crippen LogP contribution in [-0.2, 0) is 0 Å². The van der Waals surface area contributed by atoms with E-state index >= 15 is 0 Å². The largest absolute Gasteiger partial charge is 0.505 e. The van der Waals surface area contributed by atoms with Crippen molar-refractivity contribution in [3.8, 4) is 11.5 Å². The second-order valence-corrected chi connectivity index (χ2v) is 3.70. The molecule has 0 saturated carbocycles. The second-order valence-electron chi connectivity index (χ2n) is 3.70. The number of amides is 1. The molecule has 0 bridgehead atoms. The van der Waals surface area contributed by atoms with Gasteiger partial charge in [-0.15, -0.1) is 0 Å². The summed E-state index contributed by atoms with van der Waals surface area (Å²) in [5.41, 5.74) is 0.325. The maximum absolute atomic E-state index is 13.4. The minimum atomic E-state index is -0.584. The molecule has 0 aliphatic heterocycles. The van der Waals surface area contributed by atoms with E-state index in [0.29, 0.717) is 0 Å². The first-order chi connectivity index (χ1) is 9.11. The van der Waals surface area contributed by atoms with Gasteiger partial charge >= 0.3 is 0 Å². The molecule has 1 heterocycles. The molecule has 2 rings (SSSR count). The van der Waals surface area contributed by atoms with Crippen molar-refractivity contribution in [1.29, 1.82) is 0 Å². The van der Waals surface area contributed by atoms with Gasteiger partial charge < -0.3 is 15.2 Å². The summed E-state index contributed by atoms with van der Waals surface area (Å²) in [5, 5.41) is 11.9. The smallest absolute Gasteiger partial charge is 0.259 e.